The van der Waals surface area contributed by atoms with Crippen LogP contribution in [0.2, 0.25) is 0 Å². The average molecular weight is 311 g/mol. The molecule has 0 unspecified atom stereocenters. The predicted octanol–water partition coefficient (Wildman–Crippen LogP) is 2.23. The van der Waals surface area contributed by atoms with Crippen molar-refractivity contribution in [3.05, 3.63) is 46.8 Å². The molecule has 1 aromatic carbocycles. The van der Waals surface area contributed by atoms with Crippen LogP contribution in [0.15, 0.2) is 24.3 Å². The van der Waals surface area contributed by atoms with Crippen molar-refractivity contribution >= 4 is 5.97 Å². The zero-order chi connectivity index (χ0) is 15.9. The van der Waals surface area contributed by atoms with Crippen molar-refractivity contribution in [3.63, 3.8) is 0 Å². The van der Waals surface area contributed by atoms with Crippen LogP contribution in [0.1, 0.15) is 27.3 Å². The Labute approximate surface area is 123 Å². The lowest BCUT2D eigenvalue weighted by Gasteiger charge is -2.16. The topological polar surface area (TPSA) is 67.1 Å². The summed E-state index contributed by atoms with van der Waals surface area (Å²) in [7, 11) is 0. The highest BCUT2D eigenvalue weighted by molar-refractivity contribution is 5.87. The number of carbonyl (C=O) groups is 1. The summed E-state index contributed by atoms with van der Waals surface area (Å²) in [5, 5.41) is 15.5. The summed E-state index contributed by atoms with van der Waals surface area (Å²) in [6.45, 7) is 0.695. The molecule has 2 heterocycles. The van der Waals surface area contributed by atoms with Crippen LogP contribution in [0.25, 0.3) is 5.69 Å². The molecule has 0 amide bonds. The summed E-state index contributed by atoms with van der Waals surface area (Å²) in [6.07, 6.45) is -4.09. The number of fused-ring (bicyclic) bond motifs is 1. The van der Waals surface area contributed by atoms with Crippen LogP contribution >= 0.6 is 0 Å². The fourth-order valence-corrected chi connectivity index (χ4v) is 2.53. The third kappa shape index (κ3) is 2.45. The molecule has 116 valence electrons. The number of rotatable bonds is 2. The summed E-state index contributed by atoms with van der Waals surface area (Å²) >= 11 is 0. The zero-order valence-electron chi connectivity index (χ0n) is 11.3. The first-order chi connectivity index (χ1) is 10.4. The molecule has 1 aliphatic heterocycles. The van der Waals surface area contributed by atoms with E-state index in [4.69, 9.17) is 5.11 Å². The minimum atomic E-state index is -4.52. The van der Waals surface area contributed by atoms with E-state index < -0.39 is 17.8 Å². The van der Waals surface area contributed by atoms with Gasteiger partial charge in [0.25, 0.3) is 0 Å². The summed E-state index contributed by atoms with van der Waals surface area (Å²) < 4.78 is 40.5. The van der Waals surface area contributed by atoms with E-state index in [0.717, 1.165) is 0 Å². The van der Waals surface area contributed by atoms with Gasteiger partial charge in [-0.15, -0.1) is 0 Å². The van der Waals surface area contributed by atoms with Crippen molar-refractivity contribution in [2.24, 2.45) is 0 Å². The molecule has 0 bridgehead atoms. The molecule has 22 heavy (non-hydrogen) atoms. The Morgan fingerprint density at radius 3 is 2.55 bits per heavy atom. The highest BCUT2D eigenvalue weighted by Crippen LogP contribution is 2.34. The van der Waals surface area contributed by atoms with Gasteiger partial charge in [0.15, 0.2) is 5.69 Å². The molecule has 0 atom stereocenters. The number of halogens is 3. The van der Waals surface area contributed by atoms with Crippen molar-refractivity contribution in [2.75, 3.05) is 6.54 Å². The zero-order valence-corrected chi connectivity index (χ0v) is 11.3. The van der Waals surface area contributed by atoms with E-state index in [-0.39, 0.29) is 17.7 Å². The summed E-state index contributed by atoms with van der Waals surface area (Å²) in [5.74, 6) is -1.09. The first-order valence-electron chi connectivity index (χ1n) is 6.60. The van der Waals surface area contributed by atoms with Crippen molar-refractivity contribution in [1.82, 2.24) is 15.1 Å². The van der Waals surface area contributed by atoms with Crippen LogP contribution in [0.5, 0.6) is 0 Å². The van der Waals surface area contributed by atoms with E-state index in [1.807, 2.05) is 0 Å². The Balaban J connectivity index is 2.11. The molecule has 3 rings (SSSR count). The molecule has 1 aliphatic rings. The highest BCUT2D eigenvalue weighted by atomic mass is 19.4. The Hall–Kier alpha value is -2.35. The second kappa shape index (κ2) is 5.13. The average Bonchev–Trinajstić information content (AvgIpc) is 2.87. The second-order valence-electron chi connectivity index (χ2n) is 4.96. The molecule has 2 aromatic rings. The summed E-state index contributed by atoms with van der Waals surface area (Å²) in [4.78, 5) is 10.8. The van der Waals surface area contributed by atoms with Crippen molar-refractivity contribution in [3.8, 4) is 5.69 Å². The third-order valence-corrected chi connectivity index (χ3v) is 3.56. The number of alkyl halides is 3. The highest BCUT2D eigenvalue weighted by Gasteiger charge is 2.39. The molecule has 0 aliphatic carbocycles. The standard InChI is InChI=1S/C14H12F3N3O2/c15-14(16,17)12-10-7-18-6-5-11(10)20(19-12)9-3-1-8(2-4-9)13(21)22/h1-4,18H,5-7H2,(H,21,22). The lowest BCUT2D eigenvalue weighted by Crippen LogP contribution is -2.25. The van der Waals surface area contributed by atoms with Crippen LogP contribution in [0.3, 0.4) is 0 Å². The number of carboxylic acids is 1. The predicted molar refractivity (Wildman–Crippen MR) is 70.9 cm³/mol. The molecule has 0 saturated carbocycles. The number of aromatic nitrogens is 2. The molecule has 1 aromatic heterocycles. The SMILES string of the molecule is O=C(O)c1ccc(-n2nc(C(F)(F)F)c3c2CCNC3)cc1. The number of carboxylic acid groups (broad SMARTS) is 1. The fourth-order valence-electron chi connectivity index (χ4n) is 2.53. The maximum atomic E-state index is 13.1. The molecule has 0 fully saturated rings. The van der Waals surface area contributed by atoms with E-state index in [9.17, 15) is 18.0 Å². The van der Waals surface area contributed by atoms with E-state index >= 15 is 0 Å². The quantitative estimate of drug-likeness (QED) is 0.892. The Bertz CT molecular complexity index is 720. The largest absolute Gasteiger partial charge is 0.478 e. The lowest BCUT2D eigenvalue weighted by molar-refractivity contribution is -0.142. The number of hydrogen-bond acceptors (Lipinski definition) is 3. The molecule has 2 N–H and O–H groups in total. The smallest absolute Gasteiger partial charge is 0.435 e. The van der Waals surface area contributed by atoms with Gasteiger partial charge >= 0.3 is 12.1 Å². The van der Waals surface area contributed by atoms with Crippen LogP contribution in [0, 0.1) is 0 Å². The van der Waals surface area contributed by atoms with Gasteiger partial charge in [-0.3, -0.25) is 0 Å². The van der Waals surface area contributed by atoms with E-state index in [1.54, 1.807) is 0 Å². The van der Waals surface area contributed by atoms with Crippen LogP contribution in [-0.4, -0.2) is 27.4 Å². The van der Waals surface area contributed by atoms with Crippen molar-refractivity contribution in [2.45, 2.75) is 19.1 Å². The summed E-state index contributed by atoms with van der Waals surface area (Å²) in [5.41, 5.74) is 0.258. The molecular formula is C14H12F3N3O2. The normalized spacial score (nSPS) is 14.7. The van der Waals surface area contributed by atoms with Gasteiger partial charge in [0.1, 0.15) is 0 Å². The maximum absolute atomic E-state index is 13.1. The first-order valence-corrected chi connectivity index (χ1v) is 6.60. The van der Waals surface area contributed by atoms with Gasteiger partial charge in [-0.05, 0) is 24.3 Å². The van der Waals surface area contributed by atoms with Gasteiger partial charge < -0.3 is 10.4 Å². The number of nitrogens with one attached hydrogen (secondary N) is 1. The van der Waals surface area contributed by atoms with Gasteiger partial charge in [-0.1, -0.05) is 0 Å². The molecule has 0 spiro atoms. The van der Waals surface area contributed by atoms with Gasteiger partial charge in [0.2, 0.25) is 0 Å². The molecule has 8 heteroatoms. The van der Waals surface area contributed by atoms with Crippen LogP contribution in [0.4, 0.5) is 13.2 Å². The molecule has 0 saturated heterocycles. The van der Waals surface area contributed by atoms with E-state index in [1.165, 1.54) is 28.9 Å². The molecular weight excluding hydrogens is 299 g/mol. The Morgan fingerprint density at radius 2 is 1.95 bits per heavy atom. The number of aromatic carboxylic acids is 1. The Morgan fingerprint density at radius 1 is 1.27 bits per heavy atom. The first kappa shape index (κ1) is 14.6. The Kier molecular flexibility index (Phi) is 3.40. The fraction of sp³-hybridized carbons (Fsp3) is 0.286. The lowest BCUT2D eigenvalue weighted by atomic mass is 10.1. The molecule has 5 nitrogen and oxygen atoms in total. The molecule has 0 radical (unpaired) electrons. The third-order valence-electron chi connectivity index (χ3n) is 3.56. The van der Waals surface area contributed by atoms with Gasteiger partial charge in [0.05, 0.1) is 16.9 Å². The van der Waals surface area contributed by atoms with Crippen LogP contribution < -0.4 is 5.32 Å². The van der Waals surface area contributed by atoms with Gasteiger partial charge in [0, 0.05) is 25.1 Å². The van der Waals surface area contributed by atoms with E-state index in [2.05, 4.69) is 10.4 Å². The minimum absolute atomic E-state index is 0.0717. The number of benzene rings is 1. The minimum Gasteiger partial charge on any atom is -0.478 e. The monoisotopic (exact) mass is 311 g/mol. The summed E-state index contributed by atoms with van der Waals surface area (Å²) in [6, 6.07) is 5.61. The van der Waals surface area contributed by atoms with Crippen molar-refractivity contribution in [1.29, 1.82) is 0 Å². The maximum Gasteiger partial charge on any atom is 0.435 e. The van der Waals surface area contributed by atoms with Gasteiger partial charge in [-0.25, -0.2) is 9.48 Å². The number of hydrogen-bond donors (Lipinski definition) is 2. The van der Waals surface area contributed by atoms with Crippen molar-refractivity contribution < 1.29 is 23.1 Å². The van der Waals surface area contributed by atoms with Gasteiger partial charge in [-0.2, -0.15) is 18.3 Å². The number of nitrogens with zero attached hydrogens (tertiary/aromatic N) is 2. The van der Waals surface area contributed by atoms with E-state index in [0.29, 0.717) is 24.3 Å². The van der Waals surface area contributed by atoms with Crippen LogP contribution in [-0.2, 0) is 19.1 Å². The second-order valence-corrected chi connectivity index (χ2v) is 4.96.